The molecule has 2 rings (SSSR count). The third kappa shape index (κ3) is 2.00. The molecule has 1 aliphatic rings. The normalized spacial score (nSPS) is 15.9. The molecule has 0 aromatic heterocycles. The van der Waals surface area contributed by atoms with Crippen molar-refractivity contribution in [1.82, 2.24) is 0 Å². The van der Waals surface area contributed by atoms with Crippen molar-refractivity contribution < 1.29 is 10.2 Å². The van der Waals surface area contributed by atoms with Gasteiger partial charge in [0.1, 0.15) is 5.75 Å². The van der Waals surface area contributed by atoms with Gasteiger partial charge in [-0.1, -0.05) is 19.9 Å². The second-order valence-corrected chi connectivity index (χ2v) is 5.53. The maximum absolute atomic E-state index is 10.4. The van der Waals surface area contributed by atoms with E-state index in [9.17, 15) is 10.2 Å². The van der Waals surface area contributed by atoms with Gasteiger partial charge < -0.3 is 15.1 Å². The number of phenolic OH excluding ortho intramolecular Hbond substituents is 1. The van der Waals surface area contributed by atoms with E-state index in [-0.39, 0.29) is 6.61 Å². The summed E-state index contributed by atoms with van der Waals surface area (Å²) in [6, 6.07) is 3.99. The maximum Gasteiger partial charge on any atom is 0.124 e. The third-order valence-electron chi connectivity index (χ3n) is 3.71. The zero-order chi connectivity index (χ0) is 12.6. The molecular formula is C14H21NO2. The molecule has 3 nitrogen and oxygen atoms in total. The molecule has 3 heteroatoms. The SMILES string of the molecule is CN1CCCc2c1ccc(C(C)(C)CO)c2O. The highest BCUT2D eigenvalue weighted by Crippen LogP contribution is 2.40. The van der Waals surface area contributed by atoms with Gasteiger partial charge in [0, 0.05) is 35.8 Å². The molecule has 0 fully saturated rings. The largest absolute Gasteiger partial charge is 0.507 e. The summed E-state index contributed by atoms with van der Waals surface area (Å²) in [6.07, 6.45) is 1.99. The standard InChI is InChI=1S/C14H21NO2/c1-14(2,9-16)11-6-7-12-10(13(11)17)5-4-8-15(12)3/h6-7,16-17H,4-5,8-9H2,1-3H3. The Morgan fingerprint density at radius 3 is 2.71 bits per heavy atom. The summed E-state index contributed by atoms with van der Waals surface area (Å²) in [5, 5.41) is 19.8. The Balaban J connectivity index is 2.53. The van der Waals surface area contributed by atoms with Crippen molar-refractivity contribution in [3.8, 4) is 5.75 Å². The Morgan fingerprint density at radius 2 is 2.06 bits per heavy atom. The van der Waals surface area contributed by atoms with E-state index in [1.165, 1.54) is 0 Å². The smallest absolute Gasteiger partial charge is 0.124 e. The molecule has 0 saturated carbocycles. The molecule has 94 valence electrons. The predicted molar refractivity (Wildman–Crippen MR) is 69.8 cm³/mol. The van der Waals surface area contributed by atoms with Crippen LogP contribution in [0.4, 0.5) is 5.69 Å². The Bertz CT molecular complexity index is 426. The topological polar surface area (TPSA) is 43.7 Å². The van der Waals surface area contributed by atoms with Crippen LogP contribution < -0.4 is 4.90 Å². The molecule has 0 spiro atoms. The average Bonchev–Trinajstić information content (AvgIpc) is 2.30. The second kappa shape index (κ2) is 4.22. The molecule has 0 amide bonds. The van der Waals surface area contributed by atoms with E-state index >= 15 is 0 Å². The van der Waals surface area contributed by atoms with E-state index in [0.29, 0.717) is 5.75 Å². The first-order valence-corrected chi connectivity index (χ1v) is 6.14. The molecule has 0 radical (unpaired) electrons. The molecule has 0 atom stereocenters. The van der Waals surface area contributed by atoms with Crippen LogP contribution in [0, 0.1) is 0 Å². The summed E-state index contributed by atoms with van der Waals surface area (Å²) in [6.45, 7) is 4.96. The molecule has 1 aromatic carbocycles. The number of fused-ring (bicyclic) bond motifs is 1. The van der Waals surface area contributed by atoms with Gasteiger partial charge in [-0.3, -0.25) is 0 Å². The number of rotatable bonds is 2. The number of phenols is 1. The Morgan fingerprint density at radius 1 is 1.35 bits per heavy atom. The molecule has 0 saturated heterocycles. The van der Waals surface area contributed by atoms with Crippen LogP contribution in [-0.4, -0.2) is 30.4 Å². The Labute approximate surface area is 103 Å². The quantitative estimate of drug-likeness (QED) is 0.824. The highest BCUT2D eigenvalue weighted by atomic mass is 16.3. The zero-order valence-corrected chi connectivity index (χ0v) is 10.8. The van der Waals surface area contributed by atoms with Gasteiger partial charge in [-0.15, -0.1) is 0 Å². The van der Waals surface area contributed by atoms with Gasteiger partial charge >= 0.3 is 0 Å². The Kier molecular flexibility index (Phi) is 3.04. The number of hydrogen-bond donors (Lipinski definition) is 2. The third-order valence-corrected chi connectivity index (χ3v) is 3.71. The summed E-state index contributed by atoms with van der Waals surface area (Å²) in [4.78, 5) is 2.17. The Hall–Kier alpha value is -1.22. The lowest BCUT2D eigenvalue weighted by Crippen LogP contribution is -2.27. The van der Waals surface area contributed by atoms with Gasteiger partial charge in [0.2, 0.25) is 0 Å². The minimum atomic E-state index is -0.394. The van der Waals surface area contributed by atoms with E-state index in [1.807, 2.05) is 27.0 Å². The van der Waals surface area contributed by atoms with Crippen molar-refractivity contribution in [3.63, 3.8) is 0 Å². The summed E-state index contributed by atoms with van der Waals surface area (Å²) in [7, 11) is 2.05. The highest BCUT2D eigenvalue weighted by molar-refractivity contribution is 5.63. The zero-order valence-electron chi connectivity index (χ0n) is 10.8. The lowest BCUT2D eigenvalue weighted by atomic mass is 9.82. The average molecular weight is 235 g/mol. The van der Waals surface area contributed by atoms with Crippen LogP contribution in [0.15, 0.2) is 12.1 Å². The van der Waals surface area contributed by atoms with Crippen molar-refractivity contribution in [1.29, 1.82) is 0 Å². The van der Waals surface area contributed by atoms with Gasteiger partial charge in [-0.25, -0.2) is 0 Å². The van der Waals surface area contributed by atoms with E-state index in [0.717, 1.165) is 36.2 Å². The maximum atomic E-state index is 10.4. The molecule has 0 aliphatic carbocycles. The van der Waals surface area contributed by atoms with Crippen LogP contribution >= 0.6 is 0 Å². The van der Waals surface area contributed by atoms with Gasteiger partial charge in [0.25, 0.3) is 0 Å². The first kappa shape index (κ1) is 12.2. The first-order chi connectivity index (χ1) is 7.97. The molecular weight excluding hydrogens is 214 g/mol. The summed E-state index contributed by atoms with van der Waals surface area (Å²) < 4.78 is 0. The van der Waals surface area contributed by atoms with E-state index in [1.54, 1.807) is 0 Å². The summed E-state index contributed by atoms with van der Waals surface area (Å²) in [5.41, 5.74) is 2.59. The molecule has 1 aromatic rings. The number of hydrogen-bond acceptors (Lipinski definition) is 3. The lowest BCUT2D eigenvalue weighted by Gasteiger charge is -2.31. The van der Waals surface area contributed by atoms with Gasteiger partial charge in [-0.05, 0) is 18.9 Å². The molecule has 0 unspecified atom stereocenters. The van der Waals surface area contributed by atoms with Crippen molar-refractivity contribution >= 4 is 5.69 Å². The van der Waals surface area contributed by atoms with Crippen molar-refractivity contribution in [2.24, 2.45) is 0 Å². The predicted octanol–water partition coefficient (Wildman–Crippen LogP) is 2.04. The van der Waals surface area contributed by atoms with Crippen molar-refractivity contribution in [2.75, 3.05) is 25.1 Å². The lowest BCUT2D eigenvalue weighted by molar-refractivity contribution is 0.215. The fourth-order valence-corrected chi connectivity index (χ4v) is 2.47. The summed E-state index contributed by atoms with van der Waals surface area (Å²) in [5.74, 6) is 0.369. The van der Waals surface area contributed by atoms with Gasteiger partial charge in [0.15, 0.2) is 0 Å². The monoisotopic (exact) mass is 235 g/mol. The van der Waals surface area contributed by atoms with E-state index in [2.05, 4.69) is 11.0 Å². The van der Waals surface area contributed by atoms with Crippen LogP contribution in [0.1, 0.15) is 31.4 Å². The molecule has 1 aliphatic heterocycles. The minimum absolute atomic E-state index is 0.0369. The van der Waals surface area contributed by atoms with Gasteiger partial charge in [0.05, 0.1) is 6.61 Å². The number of nitrogens with zero attached hydrogens (tertiary/aromatic N) is 1. The fraction of sp³-hybridized carbons (Fsp3) is 0.571. The molecule has 0 bridgehead atoms. The van der Waals surface area contributed by atoms with E-state index < -0.39 is 5.41 Å². The highest BCUT2D eigenvalue weighted by Gasteiger charge is 2.27. The van der Waals surface area contributed by atoms with Crippen LogP contribution in [0.2, 0.25) is 0 Å². The van der Waals surface area contributed by atoms with Gasteiger partial charge in [-0.2, -0.15) is 0 Å². The minimum Gasteiger partial charge on any atom is -0.507 e. The first-order valence-electron chi connectivity index (χ1n) is 6.14. The van der Waals surface area contributed by atoms with Crippen molar-refractivity contribution in [2.45, 2.75) is 32.1 Å². The van der Waals surface area contributed by atoms with Crippen LogP contribution in [-0.2, 0) is 11.8 Å². The number of benzene rings is 1. The number of aliphatic hydroxyl groups is 1. The van der Waals surface area contributed by atoms with Crippen LogP contribution in [0.25, 0.3) is 0 Å². The molecule has 17 heavy (non-hydrogen) atoms. The number of aliphatic hydroxyl groups excluding tert-OH is 1. The fourth-order valence-electron chi connectivity index (χ4n) is 2.47. The second-order valence-electron chi connectivity index (χ2n) is 5.53. The van der Waals surface area contributed by atoms with Crippen LogP contribution in [0.3, 0.4) is 0 Å². The van der Waals surface area contributed by atoms with E-state index in [4.69, 9.17) is 0 Å². The molecule has 1 heterocycles. The van der Waals surface area contributed by atoms with Crippen LogP contribution in [0.5, 0.6) is 5.75 Å². The number of aromatic hydroxyl groups is 1. The molecule has 2 N–H and O–H groups in total. The number of anilines is 1. The summed E-state index contributed by atoms with van der Waals surface area (Å²) >= 11 is 0. The van der Waals surface area contributed by atoms with Crippen molar-refractivity contribution in [3.05, 3.63) is 23.3 Å².